The lowest BCUT2D eigenvalue weighted by Crippen LogP contribution is -2.41. The molecule has 1 N–H and O–H groups in total. The second-order valence-electron chi connectivity index (χ2n) is 9.35. The molecule has 5 rings (SSSR count). The number of ether oxygens (including phenoxy) is 1. The van der Waals surface area contributed by atoms with Crippen molar-refractivity contribution in [1.29, 1.82) is 0 Å². The van der Waals surface area contributed by atoms with Gasteiger partial charge in [0.25, 0.3) is 5.56 Å². The first-order valence-corrected chi connectivity index (χ1v) is 14.0. The molecule has 6 nitrogen and oxygen atoms in total. The predicted octanol–water partition coefficient (Wildman–Crippen LogP) is 5.12. The average Bonchev–Trinajstić information content (AvgIpc) is 3.23. The summed E-state index contributed by atoms with van der Waals surface area (Å²) in [5, 5.41) is 4.51. The zero-order valence-corrected chi connectivity index (χ0v) is 21.4. The number of fused-ring (bicyclic) bond motifs is 3. The third-order valence-corrected chi connectivity index (χ3v) is 9.18. The maximum atomic E-state index is 13.9. The molecule has 0 radical (unpaired) electrons. The fourth-order valence-corrected chi connectivity index (χ4v) is 7.30. The summed E-state index contributed by atoms with van der Waals surface area (Å²) in [6, 6.07) is 7.71. The summed E-state index contributed by atoms with van der Waals surface area (Å²) < 4.78 is 7.07. The van der Waals surface area contributed by atoms with Gasteiger partial charge in [-0.3, -0.25) is 14.2 Å². The number of thioether (sulfide) groups is 1. The highest BCUT2D eigenvalue weighted by Gasteiger charge is 2.25. The van der Waals surface area contributed by atoms with Gasteiger partial charge in [0.2, 0.25) is 5.91 Å². The van der Waals surface area contributed by atoms with Gasteiger partial charge in [0, 0.05) is 17.0 Å². The van der Waals surface area contributed by atoms with Crippen LogP contribution in [0.15, 0.2) is 34.2 Å². The minimum atomic E-state index is -0.0542. The molecule has 34 heavy (non-hydrogen) atoms. The van der Waals surface area contributed by atoms with Crippen molar-refractivity contribution in [2.24, 2.45) is 5.92 Å². The Morgan fingerprint density at radius 2 is 2.06 bits per heavy atom. The van der Waals surface area contributed by atoms with E-state index in [1.165, 1.54) is 35.0 Å². The molecule has 180 valence electrons. The number of aromatic nitrogens is 2. The Bertz CT molecular complexity index is 1270. The summed E-state index contributed by atoms with van der Waals surface area (Å²) in [5.41, 5.74) is 1.82. The molecular weight excluding hydrogens is 466 g/mol. The number of hydrogen-bond acceptors (Lipinski definition) is 6. The molecule has 2 aliphatic rings. The van der Waals surface area contributed by atoms with E-state index in [0.717, 1.165) is 48.7 Å². The van der Waals surface area contributed by atoms with Crippen LogP contribution in [0.25, 0.3) is 15.9 Å². The van der Waals surface area contributed by atoms with Gasteiger partial charge >= 0.3 is 0 Å². The number of thiophene rings is 1. The summed E-state index contributed by atoms with van der Waals surface area (Å²) in [7, 11) is 1.62. The normalized spacial score (nSPS) is 20.2. The Hall–Kier alpha value is -2.32. The molecule has 1 saturated carbocycles. The van der Waals surface area contributed by atoms with Gasteiger partial charge in [-0.15, -0.1) is 11.3 Å². The highest BCUT2D eigenvalue weighted by Crippen LogP contribution is 2.35. The van der Waals surface area contributed by atoms with Crippen molar-refractivity contribution in [2.75, 3.05) is 12.9 Å². The summed E-state index contributed by atoms with van der Waals surface area (Å²) in [4.78, 5) is 33.7. The molecule has 1 amide bonds. The number of carbonyl (C=O) groups excluding carboxylic acids is 1. The molecule has 2 aliphatic carbocycles. The van der Waals surface area contributed by atoms with Crippen LogP contribution in [0.4, 0.5) is 0 Å². The number of hydrogen-bond donors (Lipinski definition) is 1. The lowest BCUT2D eigenvalue weighted by atomic mass is 9.86. The van der Waals surface area contributed by atoms with E-state index in [1.54, 1.807) is 23.0 Å². The largest absolute Gasteiger partial charge is 0.497 e. The molecule has 2 atom stereocenters. The van der Waals surface area contributed by atoms with Crippen LogP contribution in [0.1, 0.15) is 55.9 Å². The number of amides is 1. The number of nitrogens with zero attached hydrogens (tertiary/aromatic N) is 2. The van der Waals surface area contributed by atoms with Crippen molar-refractivity contribution >= 4 is 39.2 Å². The van der Waals surface area contributed by atoms with Crippen LogP contribution in [0.2, 0.25) is 0 Å². The smallest absolute Gasteiger partial charge is 0.267 e. The van der Waals surface area contributed by atoms with Crippen LogP contribution in [0.5, 0.6) is 5.75 Å². The van der Waals surface area contributed by atoms with Crippen LogP contribution >= 0.6 is 23.1 Å². The first kappa shape index (κ1) is 23.4. The van der Waals surface area contributed by atoms with Crippen molar-refractivity contribution in [2.45, 2.75) is 69.5 Å². The number of methoxy groups -OCH3 is 1. The highest BCUT2D eigenvalue weighted by molar-refractivity contribution is 7.99. The maximum Gasteiger partial charge on any atom is 0.267 e. The van der Waals surface area contributed by atoms with Crippen molar-refractivity contribution in [3.63, 3.8) is 0 Å². The second kappa shape index (κ2) is 10.1. The zero-order chi connectivity index (χ0) is 23.7. The molecule has 1 fully saturated rings. The predicted molar refractivity (Wildman–Crippen MR) is 139 cm³/mol. The fourth-order valence-electron chi connectivity index (χ4n) is 5.17. The van der Waals surface area contributed by atoms with Gasteiger partial charge in [-0.1, -0.05) is 37.6 Å². The molecule has 2 unspecified atom stereocenters. The molecule has 0 spiro atoms. The van der Waals surface area contributed by atoms with Crippen molar-refractivity contribution in [3.05, 3.63) is 45.1 Å². The minimum absolute atomic E-state index is 0.000706. The molecule has 8 heteroatoms. The van der Waals surface area contributed by atoms with Gasteiger partial charge in [0.05, 0.1) is 23.9 Å². The Morgan fingerprint density at radius 3 is 2.88 bits per heavy atom. The first-order valence-electron chi connectivity index (χ1n) is 12.2. The highest BCUT2D eigenvalue weighted by atomic mass is 32.2. The second-order valence-corrected chi connectivity index (χ2v) is 11.4. The monoisotopic (exact) mass is 497 g/mol. The minimum Gasteiger partial charge on any atom is -0.497 e. The molecule has 1 aromatic carbocycles. The Balaban J connectivity index is 1.50. The number of aryl methyl sites for hydroxylation is 2. The standard InChI is InChI=1S/C26H31N3O3S2/c1-16-8-3-5-12-20(16)27-22(30)15-33-26-28-24-23(19-11-4-6-13-21(19)34-24)25(31)29(26)17-9-7-10-18(14-17)32-2/h7,9-10,14,16,20H,3-6,8,11-13,15H2,1-2H3,(H,27,30). The SMILES string of the molecule is COc1cccc(-n2c(SCC(=O)NC3CCCCC3C)nc3sc4c(c3c2=O)CCCC4)c1. The number of benzene rings is 1. The zero-order valence-electron chi connectivity index (χ0n) is 19.8. The van der Waals surface area contributed by atoms with Crippen LogP contribution in [0, 0.1) is 5.92 Å². The van der Waals surface area contributed by atoms with E-state index >= 15 is 0 Å². The molecular formula is C26H31N3O3S2. The molecule has 2 heterocycles. The summed E-state index contributed by atoms with van der Waals surface area (Å²) in [6.07, 6.45) is 8.81. The van der Waals surface area contributed by atoms with Crippen molar-refractivity contribution < 1.29 is 9.53 Å². The van der Waals surface area contributed by atoms with E-state index in [1.807, 2.05) is 24.3 Å². The summed E-state index contributed by atoms with van der Waals surface area (Å²) in [5.74, 6) is 1.41. The van der Waals surface area contributed by atoms with Crippen LogP contribution in [-0.2, 0) is 17.6 Å². The van der Waals surface area contributed by atoms with Gasteiger partial charge in [-0.05, 0) is 62.1 Å². The lowest BCUT2D eigenvalue weighted by molar-refractivity contribution is -0.119. The number of nitrogens with one attached hydrogen (secondary N) is 1. The summed E-state index contributed by atoms with van der Waals surface area (Å²) >= 11 is 2.97. The van der Waals surface area contributed by atoms with E-state index < -0.39 is 0 Å². The first-order chi connectivity index (χ1) is 16.5. The summed E-state index contributed by atoms with van der Waals surface area (Å²) in [6.45, 7) is 2.21. The van der Waals surface area contributed by atoms with Crippen LogP contribution in [0.3, 0.4) is 0 Å². The number of rotatable bonds is 6. The van der Waals surface area contributed by atoms with Crippen LogP contribution < -0.4 is 15.6 Å². The Morgan fingerprint density at radius 1 is 1.24 bits per heavy atom. The van der Waals surface area contributed by atoms with Gasteiger partial charge in [-0.2, -0.15) is 0 Å². The van der Waals surface area contributed by atoms with Gasteiger partial charge in [-0.25, -0.2) is 4.98 Å². The van der Waals surface area contributed by atoms with E-state index in [0.29, 0.717) is 22.5 Å². The average molecular weight is 498 g/mol. The third kappa shape index (κ3) is 4.62. The topological polar surface area (TPSA) is 73.2 Å². The number of carbonyl (C=O) groups is 1. The van der Waals surface area contributed by atoms with Crippen molar-refractivity contribution in [3.8, 4) is 11.4 Å². The molecule has 0 bridgehead atoms. The van der Waals surface area contributed by atoms with E-state index in [4.69, 9.17) is 9.72 Å². The fraction of sp³-hybridized carbons (Fsp3) is 0.500. The van der Waals surface area contributed by atoms with Crippen molar-refractivity contribution in [1.82, 2.24) is 14.9 Å². The van der Waals surface area contributed by atoms with E-state index in [-0.39, 0.29) is 23.3 Å². The molecule has 0 aliphatic heterocycles. The quantitative estimate of drug-likeness (QED) is 0.378. The van der Waals surface area contributed by atoms with Gasteiger partial charge < -0.3 is 10.1 Å². The Labute approximate surface area is 208 Å². The Kier molecular flexibility index (Phi) is 6.97. The lowest BCUT2D eigenvalue weighted by Gasteiger charge is -2.29. The molecule has 3 aromatic rings. The molecule has 0 saturated heterocycles. The maximum absolute atomic E-state index is 13.9. The molecule has 2 aromatic heterocycles. The third-order valence-electron chi connectivity index (χ3n) is 7.06. The van der Waals surface area contributed by atoms with Gasteiger partial charge in [0.1, 0.15) is 10.6 Å². The van der Waals surface area contributed by atoms with E-state index in [2.05, 4.69) is 12.2 Å². The van der Waals surface area contributed by atoms with E-state index in [9.17, 15) is 9.59 Å². The van der Waals surface area contributed by atoms with Gasteiger partial charge in [0.15, 0.2) is 5.16 Å². The van der Waals surface area contributed by atoms with Crippen LogP contribution in [-0.4, -0.2) is 34.4 Å².